The van der Waals surface area contributed by atoms with Gasteiger partial charge in [-0.05, 0) is 43.1 Å². The summed E-state index contributed by atoms with van der Waals surface area (Å²) in [4.78, 5) is 0. The quantitative estimate of drug-likeness (QED) is 0.698. The number of aliphatic hydroxyl groups excluding tert-OH is 1. The van der Waals surface area contributed by atoms with Crippen molar-refractivity contribution in [3.63, 3.8) is 0 Å². The second-order valence-corrected chi connectivity index (χ2v) is 4.87. The molecule has 0 radical (unpaired) electrons. The summed E-state index contributed by atoms with van der Waals surface area (Å²) in [6.07, 6.45) is 6.61. The smallest absolute Gasteiger partial charge is 0.124 e. The van der Waals surface area contributed by atoms with Gasteiger partial charge in [0, 0.05) is 0 Å². The van der Waals surface area contributed by atoms with E-state index in [1.807, 2.05) is 0 Å². The van der Waals surface area contributed by atoms with Crippen LogP contribution in [-0.4, -0.2) is 18.3 Å². The average molecular weight is 196 g/mol. The van der Waals surface area contributed by atoms with Gasteiger partial charge in [0.2, 0.25) is 0 Å². The Balaban J connectivity index is 2.36. The minimum atomic E-state index is -0.346. The Labute approximate surface area is 86.0 Å². The van der Waals surface area contributed by atoms with Gasteiger partial charge in [-0.1, -0.05) is 13.3 Å². The van der Waals surface area contributed by atoms with Crippen LogP contribution < -0.4 is 0 Å². The number of fused-ring (bicyclic) bond motifs is 1. The fourth-order valence-electron chi connectivity index (χ4n) is 3.01. The van der Waals surface area contributed by atoms with Crippen molar-refractivity contribution < 1.29 is 9.84 Å². The average Bonchev–Trinajstić information content (AvgIpc) is 2.19. The fourth-order valence-corrected chi connectivity index (χ4v) is 3.01. The lowest BCUT2D eigenvalue weighted by molar-refractivity contribution is 0.0736. The summed E-state index contributed by atoms with van der Waals surface area (Å²) in [5.41, 5.74) is 1.72. The van der Waals surface area contributed by atoms with Crippen molar-refractivity contribution in [2.24, 2.45) is 5.41 Å². The normalized spacial score (nSPS) is 38.1. The first-order chi connectivity index (χ1) is 6.67. The molecule has 0 saturated heterocycles. The van der Waals surface area contributed by atoms with E-state index in [-0.39, 0.29) is 6.10 Å². The van der Waals surface area contributed by atoms with Gasteiger partial charge in [-0.2, -0.15) is 0 Å². The van der Waals surface area contributed by atoms with Crippen LogP contribution in [0, 0.1) is 5.41 Å². The Morgan fingerprint density at radius 1 is 1.36 bits per heavy atom. The molecule has 0 heterocycles. The SMILES string of the molecule is COC1=C2CCCCC2(C)CCC1O. The third-order valence-electron chi connectivity index (χ3n) is 3.92. The number of aliphatic hydroxyl groups is 1. The van der Waals surface area contributed by atoms with Crippen molar-refractivity contribution in [3.05, 3.63) is 11.3 Å². The molecule has 0 spiro atoms. The third kappa shape index (κ3) is 1.46. The summed E-state index contributed by atoms with van der Waals surface area (Å²) in [6, 6.07) is 0. The van der Waals surface area contributed by atoms with Crippen LogP contribution in [0.15, 0.2) is 11.3 Å². The highest BCUT2D eigenvalue weighted by Gasteiger charge is 2.39. The summed E-state index contributed by atoms with van der Waals surface area (Å²) in [5, 5.41) is 9.84. The van der Waals surface area contributed by atoms with E-state index in [1.54, 1.807) is 7.11 Å². The summed E-state index contributed by atoms with van der Waals surface area (Å²) < 4.78 is 5.37. The van der Waals surface area contributed by atoms with Crippen LogP contribution >= 0.6 is 0 Å². The van der Waals surface area contributed by atoms with E-state index in [2.05, 4.69) is 6.92 Å². The molecule has 2 nitrogen and oxygen atoms in total. The highest BCUT2D eigenvalue weighted by molar-refractivity contribution is 5.25. The van der Waals surface area contributed by atoms with E-state index < -0.39 is 0 Å². The number of hydrogen-bond acceptors (Lipinski definition) is 2. The van der Waals surface area contributed by atoms with Crippen LogP contribution in [-0.2, 0) is 4.74 Å². The third-order valence-corrected chi connectivity index (χ3v) is 3.92. The van der Waals surface area contributed by atoms with E-state index in [4.69, 9.17) is 4.74 Å². The lowest BCUT2D eigenvalue weighted by Gasteiger charge is -2.42. The van der Waals surface area contributed by atoms with Gasteiger partial charge in [-0.3, -0.25) is 0 Å². The van der Waals surface area contributed by atoms with Gasteiger partial charge < -0.3 is 9.84 Å². The van der Waals surface area contributed by atoms with Crippen molar-refractivity contribution in [2.75, 3.05) is 7.11 Å². The molecule has 1 saturated carbocycles. The summed E-state index contributed by atoms with van der Waals surface area (Å²) in [7, 11) is 1.69. The number of hydrogen-bond donors (Lipinski definition) is 1. The molecule has 1 fully saturated rings. The van der Waals surface area contributed by atoms with E-state index >= 15 is 0 Å². The predicted octanol–water partition coefficient (Wildman–Crippen LogP) is 2.62. The zero-order chi connectivity index (χ0) is 10.2. The molecule has 0 amide bonds. The minimum Gasteiger partial charge on any atom is -0.498 e. The number of rotatable bonds is 1. The van der Waals surface area contributed by atoms with Crippen LogP contribution in [0.5, 0.6) is 0 Å². The van der Waals surface area contributed by atoms with Gasteiger partial charge >= 0.3 is 0 Å². The molecule has 2 aliphatic rings. The molecule has 2 heteroatoms. The highest BCUT2D eigenvalue weighted by Crippen LogP contribution is 2.49. The predicted molar refractivity (Wildman–Crippen MR) is 55.9 cm³/mol. The van der Waals surface area contributed by atoms with Crippen molar-refractivity contribution >= 4 is 0 Å². The molecule has 2 aliphatic carbocycles. The first kappa shape index (κ1) is 10.0. The molecular weight excluding hydrogens is 176 g/mol. The van der Waals surface area contributed by atoms with E-state index in [0.29, 0.717) is 5.41 Å². The molecule has 80 valence electrons. The van der Waals surface area contributed by atoms with E-state index in [0.717, 1.165) is 25.0 Å². The monoisotopic (exact) mass is 196 g/mol. The van der Waals surface area contributed by atoms with Gasteiger partial charge in [0.05, 0.1) is 7.11 Å². The van der Waals surface area contributed by atoms with Crippen molar-refractivity contribution in [3.8, 4) is 0 Å². The number of ether oxygens (including phenoxy) is 1. The molecule has 2 unspecified atom stereocenters. The molecule has 1 N–H and O–H groups in total. The van der Waals surface area contributed by atoms with Crippen LogP contribution in [0.2, 0.25) is 0 Å². The van der Waals surface area contributed by atoms with Crippen molar-refractivity contribution in [1.29, 1.82) is 0 Å². The van der Waals surface area contributed by atoms with Crippen LogP contribution in [0.4, 0.5) is 0 Å². The molecule has 0 aromatic carbocycles. The lowest BCUT2D eigenvalue weighted by Crippen LogP contribution is -2.33. The standard InChI is InChI=1S/C12H20O2/c1-12-7-4-3-5-9(12)11(14-2)10(13)6-8-12/h10,13H,3-8H2,1-2H3. The zero-order valence-corrected chi connectivity index (χ0v) is 9.18. The molecular formula is C12H20O2. The lowest BCUT2D eigenvalue weighted by atomic mass is 9.65. The van der Waals surface area contributed by atoms with Gasteiger partial charge in [-0.25, -0.2) is 0 Å². The van der Waals surface area contributed by atoms with Crippen molar-refractivity contribution in [2.45, 2.75) is 51.6 Å². The van der Waals surface area contributed by atoms with Gasteiger partial charge in [-0.15, -0.1) is 0 Å². The Morgan fingerprint density at radius 3 is 2.86 bits per heavy atom. The largest absolute Gasteiger partial charge is 0.498 e. The molecule has 2 atom stereocenters. The zero-order valence-electron chi connectivity index (χ0n) is 9.18. The second kappa shape index (κ2) is 3.58. The maximum atomic E-state index is 9.84. The van der Waals surface area contributed by atoms with E-state index in [1.165, 1.54) is 24.8 Å². The first-order valence-corrected chi connectivity index (χ1v) is 5.63. The first-order valence-electron chi connectivity index (χ1n) is 5.63. The molecule has 0 aromatic heterocycles. The molecule has 0 aromatic rings. The van der Waals surface area contributed by atoms with Crippen LogP contribution in [0.1, 0.15) is 45.4 Å². The Kier molecular flexibility index (Phi) is 2.56. The van der Waals surface area contributed by atoms with Gasteiger partial charge in [0.15, 0.2) is 0 Å². The van der Waals surface area contributed by atoms with E-state index in [9.17, 15) is 5.11 Å². The fraction of sp³-hybridized carbons (Fsp3) is 0.833. The summed E-state index contributed by atoms with van der Waals surface area (Å²) >= 11 is 0. The van der Waals surface area contributed by atoms with Crippen LogP contribution in [0.25, 0.3) is 0 Å². The Bertz CT molecular complexity index is 257. The summed E-state index contributed by atoms with van der Waals surface area (Å²) in [6.45, 7) is 2.33. The van der Waals surface area contributed by atoms with Crippen LogP contribution in [0.3, 0.4) is 0 Å². The second-order valence-electron chi connectivity index (χ2n) is 4.87. The topological polar surface area (TPSA) is 29.5 Å². The van der Waals surface area contributed by atoms with Gasteiger partial charge in [0.1, 0.15) is 11.9 Å². The van der Waals surface area contributed by atoms with Gasteiger partial charge in [0.25, 0.3) is 0 Å². The van der Waals surface area contributed by atoms with Crippen molar-refractivity contribution in [1.82, 2.24) is 0 Å². The maximum absolute atomic E-state index is 9.84. The molecule has 0 aliphatic heterocycles. The number of methoxy groups -OCH3 is 1. The molecule has 2 rings (SSSR count). The summed E-state index contributed by atoms with van der Waals surface area (Å²) in [5.74, 6) is 0.874. The molecule has 0 bridgehead atoms. The number of allylic oxidation sites excluding steroid dienone is 1. The Morgan fingerprint density at radius 2 is 2.14 bits per heavy atom. The Hall–Kier alpha value is -0.500. The maximum Gasteiger partial charge on any atom is 0.124 e. The minimum absolute atomic E-state index is 0.322. The highest BCUT2D eigenvalue weighted by atomic mass is 16.5. The molecule has 14 heavy (non-hydrogen) atoms.